The third kappa shape index (κ3) is 3.90. The largest absolute Gasteiger partial charge is 0.242 e. The molecule has 0 radical (unpaired) electrons. The van der Waals surface area contributed by atoms with E-state index < -0.39 is 15.8 Å². The molecule has 0 spiro atoms. The molecule has 2 aromatic rings. The first-order valence-corrected chi connectivity index (χ1v) is 8.74. The molecule has 0 bridgehead atoms. The van der Waals surface area contributed by atoms with Gasteiger partial charge in [-0.1, -0.05) is 37.3 Å². The van der Waals surface area contributed by atoms with Gasteiger partial charge in [0, 0.05) is 10.5 Å². The molecule has 0 heterocycles. The van der Waals surface area contributed by atoms with Crippen molar-refractivity contribution in [3.05, 3.63) is 64.4 Å². The van der Waals surface area contributed by atoms with Gasteiger partial charge in [-0.2, -0.15) is 0 Å². The van der Waals surface area contributed by atoms with E-state index in [2.05, 4.69) is 20.7 Å². The summed E-state index contributed by atoms with van der Waals surface area (Å²) in [5, 5.41) is 0. The van der Waals surface area contributed by atoms with Crippen molar-refractivity contribution in [3.63, 3.8) is 0 Å². The molecule has 0 aliphatic heterocycles. The molecule has 2 rings (SSSR count). The van der Waals surface area contributed by atoms with Gasteiger partial charge < -0.3 is 0 Å². The van der Waals surface area contributed by atoms with Gasteiger partial charge in [-0.15, -0.1) is 0 Å². The van der Waals surface area contributed by atoms with Gasteiger partial charge in [-0.05, 0) is 46.1 Å². The van der Waals surface area contributed by atoms with Crippen LogP contribution >= 0.6 is 15.9 Å². The average molecular weight is 372 g/mol. The van der Waals surface area contributed by atoms with Crippen LogP contribution in [0.2, 0.25) is 0 Å². The predicted octanol–water partition coefficient (Wildman–Crippen LogP) is 4.02. The van der Waals surface area contributed by atoms with Gasteiger partial charge in [0.15, 0.2) is 0 Å². The summed E-state index contributed by atoms with van der Waals surface area (Å²) in [4.78, 5) is 0.0262. The molecule has 1 atom stereocenters. The van der Waals surface area contributed by atoms with E-state index in [1.54, 1.807) is 0 Å². The lowest BCUT2D eigenvalue weighted by molar-refractivity contribution is 0.549. The summed E-state index contributed by atoms with van der Waals surface area (Å²) >= 11 is 3.09. The van der Waals surface area contributed by atoms with Crippen LogP contribution in [0, 0.1) is 5.82 Å². The fourth-order valence-electron chi connectivity index (χ4n) is 2.02. The number of benzene rings is 2. The number of hydrogen-bond donors (Lipinski definition) is 1. The molecule has 21 heavy (non-hydrogen) atoms. The monoisotopic (exact) mass is 371 g/mol. The minimum absolute atomic E-state index is 0.0262. The third-order valence-corrected chi connectivity index (χ3v) is 5.54. The molecule has 1 unspecified atom stereocenters. The number of hydrogen-bond acceptors (Lipinski definition) is 2. The predicted molar refractivity (Wildman–Crippen MR) is 83.9 cm³/mol. The maximum absolute atomic E-state index is 13.1. The first-order valence-electron chi connectivity index (χ1n) is 6.46. The molecular formula is C15H15BrFNO2S. The summed E-state index contributed by atoms with van der Waals surface area (Å²) in [5.41, 5.74) is 0.891. The minimum Gasteiger partial charge on any atom is -0.207 e. The first kappa shape index (κ1) is 16.1. The Morgan fingerprint density at radius 3 is 2.43 bits per heavy atom. The van der Waals surface area contributed by atoms with Crippen LogP contribution in [0.1, 0.15) is 24.9 Å². The second-order valence-electron chi connectivity index (χ2n) is 4.57. The smallest absolute Gasteiger partial charge is 0.207 e. The van der Waals surface area contributed by atoms with Gasteiger partial charge in [-0.3, -0.25) is 0 Å². The zero-order chi connectivity index (χ0) is 15.5. The van der Waals surface area contributed by atoms with Crippen molar-refractivity contribution >= 4 is 26.0 Å². The van der Waals surface area contributed by atoms with Crippen LogP contribution in [-0.2, 0) is 10.0 Å². The van der Waals surface area contributed by atoms with E-state index in [1.165, 1.54) is 6.07 Å². The van der Waals surface area contributed by atoms with Gasteiger partial charge in [0.2, 0.25) is 10.0 Å². The van der Waals surface area contributed by atoms with E-state index in [-0.39, 0.29) is 15.4 Å². The lowest BCUT2D eigenvalue weighted by Crippen LogP contribution is -2.28. The molecule has 6 heteroatoms. The van der Waals surface area contributed by atoms with Crippen LogP contribution in [-0.4, -0.2) is 8.42 Å². The number of sulfonamides is 1. The molecule has 112 valence electrons. The molecular weight excluding hydrogens is 357 g/mol. The van der Waals surface area contributed by atoms with Gasteiger partial charge in [0.25, 0.3) is 0 Å². The topological polar surface area (TPSA) is 46.2 Å². The van der Waals surface area contributed by atoms with Gasteiger partial charge in [-0.25, -0.2) is 17.5 Å². The van der Waals surface area contributed by atoms with Gasteiger partial charge in [0.1, 0.15) is 5.82 Å². The summed E-state index contributed by atoms with van der Waals surface area (Å²) in [5.74, 6) is -0.490. The molecule has 0 aromatic heterocycles. The van der Waals surface area contributed by atoms with Crippen molar-refractivity contribution in [2.24, 2.45) is 0 Å². The zero-order valence-electron chi connectivity index (χ0n) is 11.4. The SMILES string of the molecule is CCC(NS(=O)(=O)c1ccc(F)cc1Br)c1ccccc1. The fourth-order valence-corrected chi connectivity index (χ4v) is 4.37. The van der Waals surface area contributed by atoms with E-state index in [9.17, 15) is 12.8 Å². The van der Waals surface area contributed by atoms with Crippen LogP contribution < -0.4 is 4.72 Å². The van der Waals surface area contributed by atoms with Crippen LogP contribution in [0.4, 0.5) is 4.39 Å². The average Bonchev–Trinajstić information content (AvgIpc) is 2.45. The molecule has 0 amide bonds. The summed E-state index contributed by atoms with van der Waals surface area (Å²) in [6, 6.07) is 12.5. The fraction of sp³-hybridized carbons (Fsp3) is 0.200. The minimum atomic E-state index is -3.73. The highest BCUT2D eigenvalue weighted by molar-refractivity contribution is 9.10. The summed E-state index contributed by atoms with van der Waals surface area (Å²) in [7, 11) is -3.73. The van der Waals surface area contributed by atoms with Crippen molar-refractivity contribution in [2.45, 2.75) is 24.3 Å². The standard InChI is InChI=1S/C15H15BrFNO2S/c1-2-14(11-6-4-3-5-7-11)18-21(19,20)15-9-8-12(17)10-13(15)16/h3-10,14,18H,2H2,1H3. The van der Waals surface area contributed by atoms with Crippen molar-refractivity contribution in [1.82, 2.24) is 4.72 Å². The second-order valence-corrected chi connectivity index (χ2v) is 7.10. The highest BCUT2D eigenvalue weighted by Crippen LogP contribution is 2.25. The highest BCUT2D eigenvalue weighted by atomic mass is 79.9. The Labute approximate surface area is 132 Å². The zero-order valence-corrected chi connectivity index (χ0v) is 13.8. The lowest BCUT2D eigenvalue weighted by atomic mass is 10.1. The van der Waals surface area contributed by atoms with Crippen LogP contribution in [0.15, 0.2) is 57.9 Å². The second kappa shape index (κ2) is 6.68. The molecule has 3 nitrogen and oxygen atoms in total. The van der Waals surface area contributed by atoms with Crippen molar-refractivity contribution in [3.8, 4) is 0 Å². The normalized spacial score (nSPS) is 13.1. The van der Waals surface area contributed by atoms with E-state index in [0.29, 0.717) is 6.42 Å². The Morgan fingerprint density at radius 1 is 1.19 bits per heavy atom. The van der Waals surface area contributed by atoms with Crippen molar-refractivity contribution < 1.29 is 12.8 Å². The quantitative estimate of drug-likeness (QED) is 0.862. The Bertz CT molecular complexity index is 720. The molecule has 1 N–H and O–H groups in total. The summed E-state index contributed by atoms with van der Waals surface area (Å²) in [6.45, 7) is 1.90. The van der Waals surface area contributed by atoms with Crippen LogP contribution in [0.25, 0.3) is 0 Å². The molecule has 0 aliphatic carbocycles. The Morgan fingerprint density at radius 2 is 1.86 bits per heavy atom. The third-order valence-electron chi connectivity index (χ3n) is 3.09. The number of halogens is 2. The van der Waals surface area contributed by atoms with Gasteiger partial charge in [0.05, 0.1) is 4.90 Å². The molecule has 0 saturated carbocycles. The Balaban J connectivity index is 2.32. The van der Waals surface area contributed by atoms with E-state index in [0.717, 1.165) is 17.7 Å². The summed E-state index contributed by atoms with van der Waals surface area (Å²) < 4.78 is 40.8. The van der Waals surface area contributed by atoms with Crippen molar-refractivity contribution in [2.75, 3.05) is 0 Å². The van der Waals surface area contributed by atoms with Gasteiger partial charge >= 0.3 is 0 Å². The maximum Gasteiger partial charge on any atom is 0.242 e. The van der Waals surface area contributed by atoms with E-state index in [1.807, 2.05) is 37.3 Å². The molecule has 0 fully saturated rings. The van der Waals surface area contributed by atoms with E-state index >= 15 is 0 Å². The molecule has 0 saturated heterocycles. The maximum atomic E-state index is 13.1. The van der Waals surface area contributed by atoms with Crippen molar-refractivity contribution in [1.29, 1.82) is 0 Å². The first-order chi connectivity index (χ1) is 9.94. The summed E-state index contributed by atoms with van der Waals surface area (Å²) in [6.07, 6.45) is 0.613. The Kier molecular flexibility index (Phi) is 5.13. The highest BCUT2D eigenvalue weighted by Gasteiger charge is 2.22. The lowest BCUT2D eigenvalue weighted by Gasteiger charge is -2.18. The molecule has 2 aromatic carbocycles. The number of nitrogens with one attached hydrogen (secondary N) is 1. The van der Waals surface area contributed by atoms with Crippen LogP contribution in [0.5, 0.6) is 0 Å². The Hall–Kier alpha value is -1.24. The van der Waals surface area contributed by atoms with Crippen LogP contribution in [0.3, 0.4) is 0 Å². The number of rotatable bonds is 5. The molecule has 0 aliphatic rings. The van der Waals surface area contributed by atoms with E-state index in [4.69, 9.17) is 0 Å².